The van der Waals surface area contributed by atoms with Gasteiger partial charge in [0, 0.05) is 37.0 Å². The SMILES string of the molecule is Cn1cc(-c2cnc(C3COc4ccc(Oc5ccnc6c5CCC(=O)N6)cc4C3)[nH]2)cn1. The van der Waals surface area contributed by atoms with Gasteiger partial charge in [-0.2, -0.15) is 5.10 Å². The molecule has 6 rings (SSSR count). The first-order valence-corrected chi connectivity index (χ1v) is 10.9. The fraction of sp³-hybridized carbons (Fsp3) is 0.250. The number of aryl methyl sites for hydroxylation is 1. The van der Waals surface area contributed by atoms with Gasteiger partial charge in [0.15, 0.2) is 0 Å². The van der Waals surface area contributed by atoms with E-state index in [1.165, 1.54) is 0 Å². The lowest BCUT2D eigenvalue weighted by Crippen LogP contribution is -2.20. The summed E-state index contributed by atoms with van der Waals surface area (Å²) in [6.45, 7) is 0.560. The fourth-order valence-electron chi connectivity index (χ4n) is 4.34. The quantitative estimate of drug-likeness (QED) is 0.500. The van der Waals surface area contributed by atoms with Crippen LogP contribution in [0.1, 0.15) is 29.3 Å². The molecule has 0 bridgehead atoms. The molecule has 0 saturated heterocycles. The Hall–Kier alpha value is -4.14. The van der Waals surface area contributed by atoms with Crippen molar-refractivity contribution >= 4 is 11.7 Å². The van der Waals surface area contributed by atoms with Crippen molar-refractivity contribution < 1.29 is 14.3 Å². The van der Waals surface area contributed by atoms with Crippen LogP contribution in [-0.2, 0) is 24.7 Å². The maximum atomic E-state index is 11.7. The number of carbonyl (C=O) groups is 1. The Morgan fingerprint density at radius 3 is 3.00 bits per heavy atom. The number of carbonyl (C=O) groups excluding carboxylic acids is 1. The van der Waals surface area contributed by atoms with Crippen LogP contribution in [0.5, 0.6) is 17.2 Å². The number of hydrogen-bond acceptors (Lipinski definition) is 6. The van der Waals surface area contributed by atoms with Gasteiger partial charge in [-0.3, -0.25) is 9.48 Å². The summed E-state index contributed by atoms with van der Waals surface area (Å²) in [5, 5.41) is 7.03. The summed E-state index contributed by atoms with van der Waals surface area (Å²) < 4.78 is 14.0. The number of nitrogens with one attached hydrogen (secondary N) is 2. The van der Waals surface area contributed by atoms with E-state index in [1.54, 1.807) is 10.9 Å². The number of H-pyrrole nitrogens is 1. The summed E-state index contributed by atoms with van der Waals surface area (Å²) in [7, 11) is 1.89. The predicted molar refractivity (Wildman–Crippen MR) is 120 cm³/mol. The summed E-state index contributed by atoms with van der Waals surface area (Å²) in [4.78, 5) is 23.9. The predicted octanol–water partition coefficient (Wildman–Crippen LogP) is 3.60. The number of hydrogen-bond donors (Lipinski definition) is 2. The second-order valence-electron chi connectivity index (χ2n) is 8.35. The van der Waals surface area contributed by atoms with E-state index in [-0.39, 0.29) is 11.8 Å². The summed E-state index contributed by atoms with van der Waals surface area (Å²) >= 11 is 0. The number of rotatable bonds is 4. The molecule has 9 nitrogen and oxygen atoms in total. The second-order valence-corrected chi connectivity index (χ2v) is 8.35. The first kappa shape index (κ1) is 19.5. The van der Waals surface area contributed by atoms with Gasteiger partial charge in [-0.05, 0) is 42.7 Å². The lowest BCUT2D eigenvalue weighted by atomic mass is 9.96. The molecule has 0 fully saturated rings. The van der Waals surface area contributed by atoms with Crippen molar-refractivity contribution in [2.75, 3.05) is 11.9 Å². The molecular weight excluding hydrogens is 420 g/mol. The van der Waals surface area contributed by atoms with E-state index in [4.69, 9.17) is 9.47 Å². The van der Waals surface area contributed by atoms with Crippen LogP contribution < -0.4 is 14.8 Å². The van der Waals surface area contributed by atoms with Gasteiger partial charge in [0.05, 0.1) is 30.6 Å². The van der Waals surface area contributed by atoms with Crippen molar-refractivity contribution in [3.8, 4) is 28.5 Å². The Balaban J connectivity index is 1.22. The van der Waals surface area contributed by atoms with Gasteiger partial charge in [0.25, 0.3) is 0 Å². The number of nitrogens with zero attached hydrogens (tertiary/aromatic N) is 4. The summed E-state index contributed by atoms with van der Waals surface area (Å²) in [5.41, 5.74) is 3.93. The maximum absolute atomic E-state index is 11.7. The van der Waals surface area contributed by atoms with Crippen molar-refractivity contribution in [1.29, 1.82) is 0 Å². The zero-order chi connectivity index (χ0) is 22.4. The van der Waals surface area contributed by atoms with Crippen molar-refractivity contribution in [2.24, 2.45) is 7.05 Å². The molecule has 1 amide bonds. The number of ether oxygens (including phenoxy) is 2. The molecule has 1 atom stereocenters. The lowest BCUT2D eigenvalue weighted by Gasteiger charge is -2.25. The van der Waals surface area contributed by atoms with E-state index < -0.39 is 0 Å². The van der Waals surface area contributed by atoms with Crippen molar-refractivity contribution in [3.05, 3.63) is 66.0 Å². The largest absolute Gasteiger partial charge is 0.493 e. The summed E-state index contributed by atoms with van der Waals surface area (Å²) in [6.07, 6.45) is 9.09. The maximum Gasteiger partial charge on any atom is 0.225 e. The normalized spacial score (nSPS) is 17.0. The Morgan fingerprint density at radius 2 is 2.12 bits per heavy atom. The van der Waals surface area contributed by atoms with Crippen molar-refractivity contribution in [2.45, 2.75) is 25.2 Å². The molecular formula is C24H22N6O3. The number of aromatic amines is 1. The highest BCUT2D eigenvalue weighted by Crippen LogP contribution is 2.37. The first-order valence-electron chi connectivity index (χ1n) is 10.9. The molecule has 33 heavy (non-hydrogen) atoms. The zero-order valence-electron chi connectivity index (χ0n) is 18.0. The van der Waals surface area contributed by atoms with E-state index in [9.17, 15) is 4.79 Å². The number of pyridine rings is 1. The topological polar surface area (TPSA) is 107 Å². The first-order chi connectivity index (χ1) is 16.1. The van der Waals surface area contributed by atoms with Crippen LogP contribution in [0, 0.1) is 0 Å². The molecule has 1 unspecified atom stereocenters. The molecule has 5 heterocycles. The molecule has 0 saturated carbocycles. The zero-order valence-corrected chi connectivity index (χ0v) is 18.0. The number of benzene rings is 1. The van der Waals surface area contributed by atoms with Crippen LogP contribution in [0.3, 0.4) is 0 Å². The molecule has 1 aromatic carbocycles. The molecule has 4 aromatic rings. The van der Waals surface area contributed by atoms with Crippen LogP contribution in [0.4, 0.5) is 5.82 Å². The van der Waals surface area contributed by atoms with E-state index in [1.807, 2.05) is 49.9 Å². The van der Waals surface area contributed by atoms with Gasteiger partial charge in [0.2, 0.25) is 5.91 Å². The Bertz CT molecular complexity index is 1360. The highest BCUT2D eigenvalue weighted by Gasteiger charge is 2.25. The Labute approximate surface area is 189 Å². The van der Waals surface area contributed by atoms with Gasteiger partial charge in [-0.15, -0.1) is 0 Å². The smallest absolute Gasteiger partial charge is 0.225 e. The second kappa shape index (κ2) is 7.77. The third-order valence-electron chi connectivity index (χ3n) is 6.04. The number of anilines is 1. The molecule has 3 aromatic heterocycles. The number of fused-ring (bicyclic) bond motifs is 2. The third kappa shape index (κ3) is 3.71. The number of imidazole rings is 1. The van der Waals surface area contributed by atoms with E-state index in [2.05, 4.69) is 25.4 Å². The average molecular weight is 442 g/mol. The van der Waals surface area contributed by atoms with Gasteiger partial charge in [-0.25, -0.2) is 9.97 Å². The van der Waals surface area contributed by atoms with Crippen LogP contribution in [-0.4, -0.2) is 37.2 Å². The fourth-order valence-corrected chi connectivity index (χ4v) is 4.34. The molecule has 2 aliphatic rings. The summed E-state index contributed by atoms with van der Waals surface area (Å²) in [6, 6.07) is 7.69. The van der Waals surface area contributed by atoms with Crippen LogP contribution in [0.2, 0.25) is 0 Å². The average Bonchev–Trinajstić information content (AvgIpc) is 3.48. The Morgan fingerprint density at radius 1 is 1.18 bits per heavy atom. The molecule has 166 valence electrons. The third-order valence-corrected chi connectivity index (χ3v) is 6.04. The minimum Gasteiger partial charge on any atom is -0.493 e. The highest BCUT2D eigenvalue weighted by molar-refractivity contribution is 5.93. The van der Waals surface area contributed by atoms with Crippen molar-refractivity contribution in [3.63, 3.8) is 0 Å². The Kier molecular flexibility index (Phi) is 4.60. The van der Waals surface area contributed by atoms with E-state index in [0.29, 0.717) is 31.0 Å². The van der Waals surface area contributed by atoms with Gasteiger partial charge >= 0.3 is 0 Å². The minimum atomic E-state index is -0.0197. The molecule has 0 radical (unpaired) electrons. The van der Waals surface area contributed by atoms with E-state index in [0.717, 1.165) is 46.1 Å². The van der Waals surface area contributed by atoms with Crippen LogP contribution >= 0.6 is 0 Å². The molecule has 0 spiro atoms. The van der Waals surface area contributed by atoms with Crippen LogP contribution in [0.25, 0.3) is 11.3 Å². The molecule has 0 aliphatic carbocycles. The monoisotopic (exact) mass is 442 g/mol. The standard InChI is InChI=1S/C24H22N6O3/c1-30-12-16(10-27-30)19-11-26-23(28-19)15-8-14-9-17(2-4-20(14)32-13-15)33-21-6-7-25-24-18(21)3-5-22(31)29-24/h2,4,6-7,9-12,15H,3,5,8,13H2,1H3,(H,26,28)(H,25,29,31). The molecule has 2 aliphatic heterocycles. The highest BCUT2D eigenvalue weighted by atomic mass is 16.5. The lowest BCUT2D eigenvalue weighted by molar-refractivity contribution is -0.116. The van der Waals surface area contributed by atoms with Gasteiger partial charge < -0.3 is 19.8 Å². The minimum absolute atomic E-state index is 0.0197. The number of aromatic nitrogens is 5. The van der Waals surface area contributed by atoms with E-state index >= 15 is 0 Å². The van der Waals surface area contributed by atoms with Crippen LogP contribution in [0.15, 0.2) is 49.1 Å². The molecule has 2 N–H and O–H groups in total. The van der Waals surface area contributed by atoms with Gasteiger partial charge in [0.1, 0.15) is 28.9 Å². The number of amides is 1. The van der Waals surface area contributed by atoms with Crippen molar-refractivity contribution in [1.82, 2.24) is 24.7 Å². The molecule has 9 heteroatoms. The van der Waals surface area contributed by atoms with Gasteiger partial charge in [-0.1, -0.05) is 0 Å². The summed E-state index contributed by atoms with van der Waals surface area (Å²) in [5.74, 6) is 3.86.